The minimum Gasteiger partial charge on any atom is -0.0651 e. The molecule has 98 heavy (non-hydrogen) atoms. The van der Waals surface area contributed by atoms with Gasteiger partial charge in [0.15, 0.2) is 0 Å². The van der Waals surface area contributed by atoms with Crippen LogP contribution in [0.2, 0.25) is 0 Å². The minimum atomic E-state index is 0.547. The van der Waals surface area contributed by atoms with E-state index in [2.05, 4.69) is 263 Å². The van der Waals surface area contributed by atoms with Crippen LogP contribution in [0, 0.1) is 170 Å². The van der Waals surface area contributed by atoms with Gasteiger partial charge in [-0.15, -0.1) is 0 Å². The zero-order valence-corrected chi connectivity index (χ0v) is 75.5. The second kappa shape index (κ2) is 34.1. The number of fused-ring (bicyclic) bond motifs is 6. The van der Waals surface area contributed by atoms with E-state index >= 15 is 0 Å². The average Bonchev–Trinajstić information content (AvgIpc) is 1.58. The van der Waals surface area contributed by atoms with Crippen LogP contribution in [0.5, 0.6) is 0 Å². The number of rotatable bonds is 6. The average molecular weight is 1370 g/mol. The Morgan fingerprint density at radius 3 is 0.908 bits per heavy atom. The van der Waals surface area contributed by atoms with E-state index in [1.807, 2.05) is 0 Å². The fourth-order valence-electron chi connectivity index (χ4n) is 29.7. The van der Waals surface area contributed by atoms with Gasteiger partial charge < -0.3 is 0 Å². The summed E-state index contributed by atoms with van der Waals surface area (Å²) in [7, 11) is 0. The molecule has 12 saturated carbocycles. The predicted molar refractivity (Wildman–Crippen MR) is 444 cm³/mol. The van der Waals surface area contributed by atoms with E-state index in [-0.39, 0.29) is 0 Å². The van der Waals surface area contributed by atoms with Crippen molar-refractivity contribution < 1.29 is 0 Å². The van der Waals surface area contributed by atoms with Crippen LogP contribution in [0.3, 0.4) is 0 Å². The van der Waals surface area contributed by atoms with Crippen LogP contribution in [0.25, 0.3) is 0 Å². The third-order valence-corrected chi connectivity index (χ3v) is 32.1. The lowest BCUT2D eigenvalue weighted by atomic mass is 9.56. The summed E-state index contributed by atoms with van der Waals surface area (Å²) >= 11 is 0. The Kier molecular flexibility index (Phi) is 31.4. The first-order chi connectivity index (χ1) is 44.2. The first-order valence-electron chi connectivity index (χ1n) is 44.2. The molecule has 0 aliphatic heterocycles. The van der Waals surface area contributed by atoms with Gasteiger partial charge in [-0.1, -0.05) is 302 Å². The van der Waals surface area contributed by atoms with Gasteiger partial charge >= 0.3 is 0 Å². The van der Waals surface area contributed by atoms with Crippen LogP contribution < -0.4 is 0 Å². The van der Waals surface area contributed by atoms with Gasteiger partial charge in [-0.2, -0.15) is 0 Å². The molecule has 6 bridgehead atoms. The van der Waals surface area contributed by atoms with E-state index < -0.39 is 0 Å². The van der Waals surface area contributed by atoms with Gasteiger partial charge in [-0.05, 0) is 325 Å². The van der Waals surface area contributed by atoms with Crippen molar-refractivity contribution in [1.82, 2.24) is 0 Å². The first kappa shape index (κ1) is 90.4. The second-order valence-corrected chi connectivity index (χ2v) is 49.3. The van der Waals surface area contributed by atoms with Gasteiger partial charge in [0.1, 0.15) is 0 Å². The fraction of sp³-hybridized carbons (Fsp3) is 1.00. The lowest BCUT2D eigenvalue weighted by molar-refractivity contribution is 0.0203. The smallest absolute Gasteiger partial charge is 0.0288 e. The Bertz CT molecular complexity index is 2170. The highest BCUT2D eigenvalue weighted by atomic mass is 14.6. The summed E-state index contributed by atoms with van der Waals surface area (Å²) < 4.78 is 0. The Labute approximate surface area is 622 Å². The third kappa shape index (κ3) is 25.6. The van der Waals surface area contributed by atoms with E-state index in [0.29, 0.717) is 75.8 Å². The van der Waals surface area contributed by atoms with Gasteiger partial charge in [-0.25, -0.2) is 0 Å². The third-order valence-electron chi connectivity index (χ3n) is 32.1. The van der Waals surface area contributed by atoms with Gasteiger partial charge in [0.25, 0.3) is 0 Å². The molecule has 0 nitrogen and oxygen atoms in total. The molecule has 0 N–H and O–H groups in total. The maximum Gasteiger partial charge on any atom is -0.0288 e. The van der Waals surface area contributed by atoms with Crippen molar-refractivity contribution in [1.29, 1.82) is 0 Å². The Morgan fingerprint density at radius 1 is 0.316 bits per heavy atom. The maximum atomic E-state index is 2.49. The van der Waals surface area contributed by atoms with Gasteiger partial charge in [-0.3, -0.25) is 0 Å². The molecule has 0 heteroatoms. The highest BCUT2D eigenvalue weighted by Gasteiger charge is 2.53. The molecule has 0 radical (unpaired) electrons. The molecular formula is C98H190. The molecule has 12 aliphatic rings. The van der Waals surface area contributed by atoms with Crippen LogP contribution in [0.1, 0.15) is 456 Å². The molecule has 0 saturated heterocycles. The lowest BCUT2D eigenvalue weighted by Crippen LogP contribution is -2.38. The first-order valence-corrected chi connectivity index (χ1v) is 44.2. The molecule has 9 unspecified atom stereocenters. The Morgan fingerprint density at radius 2 is 0.673 bits per heavy atom. The minimum absolute atomic E-state index is 0.547. The highest BCUT2D eigenvalue weighted by molar-refractivity contribution is 5.03. The molecule has 10 atom stereocenters. The van der Waals surface area contributed by atoms with Crippen molar-refractivity contribution in [2.75, 3.05) is 0 Å². The van der Waals surface area contributed by atoms with Crippen LogP contribution in [-0.2, 0) is 0 Å². The van der Waals surface area contributed by atoms with Crippen molar-refractivity contribution in [2.24, 2.45) is 170 Å². The number of hydrogen-bond acceptors (Lipinski definition) is 0. The molecule has 12 aliphatic carbocycles. The van der Waals surface area contributed by atoms with E-state index in [9.17, 15) is 0 Å². The summed E-state index contributed by atoms with van der Waals surface area (Å²) in [4.78, 5) is 0. The molecule has 0 heterocycles. The quantitative estimate of drug-likeness (QED) is 0.249. The van der Waals surface area contributed by atoms with Crippen LogP contribution in [-0.4, -0.2) is 0 Å². The molecule has 12 fully saturated rings. The van der Waals surface area contributed by atoms with Crippen LogP contribution in [0.15, 0.2) is 0 Å². The van der Waals surface area contributed by atoms with Crippen molar-refractivity contribution in [3.63, 3.8) is 0 Å². The van der Waals surface area contributed by atoms with Crippen LogP contribution in [0.4, 0.5) is 0 Å². The molecule has 0 spiro atoms. The molecule has 0 aromatic heterocycles. The summed E-state index contributed by atoms with van der Waals surface area (Å²) in [5, 5.41) is 0. The zero-order valence-electron chi connectivity index (χ0n) is 75.5. The SMILES string of the molecule is CC(C)C1C(C)(C)CCC1(C)C.CC1(C)CC(C)(C)CC(C)(C)C1.CC1C2CCC(C2)[C@H]1C.CC1CC(C)(C)CC(C)(C)C1.CCC1C(C)(C)CCC1(C)C.CCC1C2CCC(C2)C1(C)C.CCC1CC(C)(C)C(C)(C)C1.CCC1CC(C)(C)CC(C)(C)C1.CCC1CC2CCC1C2. The van der Waals surface area contributed by atoms with E-state index in [0.717, 1.165) is 94.7 Å². The monoisotopic (exact) mass is 1370 g/mol. The van der Waals surface area contributed by atoms with E-state index in [1.165, 1.54) is 154 Å². The molecule has 0 amide bonds. The topological polar surface area (TPSA) is 0 Å². The van der Waals surface area contributed by atoms with Crippen molar-refractivity contribution in [3.8, 4) is 0 Å². The summed E-state index contributed by atoms with van der Waals surface area (Å²) in [6.07, 6.45) is 43.6. The van der Waals surface area contributed by atoms with E-state index in [4.69, 9.17) is 0 Å². The highest BCUT2D eigenvalue weighted by Crippen LogP contribution is 2.62. The molecule has 12 rings (SSSR count). The van der Waals surface area contributed by atoms with Gasteiger partial charge in [0.05, 0.1) is 0 Å². The van der Waals surface area contributed by atoms with Crippen LogP contribution >= 0.6 is 0 Å². The second-order valence-electron chi connectivity index (χ2n) is 49.3. The van der Waals surface area contributed by atoms with E-state index in [1.54, 1.807) is 38.5 Å². The summed E-state index contributed by atoms with van der Waals surface area (Å²) in [6, 6.07) is 0. The summed E-state index contributed by atoms with van der Waals surface area (Å²) in [5.74, 6) is 16.5. The maximum absolute atomic E-state index is 2.49. The Hall–Kier alpha value is 0. The standard InChI is InChI=1S/3C12H24.C11H20.3C11H22.2C9H16/c1-10(2)7-11(3,4)9-12(5,6)8-10;1-9(2)10-11(3,4)7-8-12(10,5)6;1-6-10-7-11(2,3)9-12(4,5)8-10;1-4-10-8-5-6-9(7-8)11(10,2)3;1-9-6-10(2,3)8-11(4,5)7-9;1-6-9-7-10(2,3)11(4,5)8-9;1-6-9-10(2,3)7-8-11(9,4)5;1-6-7(2)9-4-3-8(6)5-9;1-2-8-5-7-3-4-9(8)6-7/h7-9H2,1-6H3;9-10H,7-8H2,1-6H3;10H,6-9H2,1-5H3;8-10H,4-7H2,1-3H3;3*9H,6-8H2,1-5H3;6-9H,3-5H2,1-2H3;7-9H,2-6H2,1H3/t;;;;;;;6-,7?,8?,9?;/m.......0./s1. The van der Waals surface area contributed by atoms with Gasteiger partial charge in [0, 0.05) is 0 Å². The van der Waals surface area contributed by atoms with Crippen molar-refractivity contribution in [2.45, 2.75) is 456 Å². The molecule has 0 aromatic rings. The fourth-order valence-corrected chi connectivity index (χ4v) is 29.7. The van der Waals surface area contributed by atoms with Crippen molar-refractivity contribution >= 4 is 0 Å². The lowest BCUT2D eigenvalue weighted by Gasteiger charge is -2.49. The van der Waals surface area contributed by atoms with Gasteiger partial charge in [0.2, 0.25) is 0 Å². The molecular weight excluding hydrogens is 1180 g/mol. The van der Waals surface area contributed by atoms with Crippen molar-refractivity contribution in [3.05, 3.63) is 0 Å². The normalized spacial score (nSPS) is 35.7. The molecule has 0 aromatic carbocycles. The zero-order chi connectivity index (χ0) is 75.5. The summed E-state index contributed by atoms with van der Waals surface area (Å²) in [6.45, 7) is 91.7. The number of hydrogen-bond donors (Lipinski definition) is 0. The largest absolute Gasteiger partial charge is 0.0651 e. The Balaban J connectivity index is 0.000000234. The summed E-state index contributed by atoms with van der Waals surface area (Å²) in [5.41, 5.74) is 8.11. The predicted octanol–water partition coefficient (Wildman–Crippen LogP) is 33.2. The molecule has 582 valence electrons.